The third kappa shape index (κ3) is 4.39. The summed E-state index contributed by atoms with van der Waals surface area (Å²) in [4.78, 5) is 0. The predicted molar refractivity (Wildman–Crippen MR) is 66.9 cm³/mol. The van der Waals surface area contributed by atoms with E-state index in [0.29, 0.717) is 25.6 Å². The van der Waals surface area contributed by atoms with Gasteiger partial charge in [0.2, 0.25) is 10.0 Å². The largest absolute Gasteiger partial charge is 0.316 e. The van der Waals surface area contributed by atoms with Crippen LogP contribution < -0.4 is 5.32 Å². The van der Waals surface area contributed by atoms with Crippen molar-refractivity contribution in [3.63, 3.8) is 0 Å². The molecule has 1 N–H and O–H groups in total. The molecule has 0 saturated carbocycles. The van der Waals surface area contributed by atoms with Crippen molar-refractivity contribution in [3.8, 4) is 0 Å². The third-order valence-electron chi connectivity index (χ3n) is 3.16. The van der Waals surface area contributed by atoms with Gasteiger partial charge in [0.15, 0.2) is 0 Å². The predicted octanol–water partition coefficient (Wildman–Crippen LogP) is 1.05. The van der Waals surface area contributed by atoms with Gasteiger partial charge in [0.1, 0.15) is 0 Å². The minimum atomic E-state index is -3.03. The van der Waals surface area contributed by atoms with Gasteiger partial charge >= 0.3 is 0 Å². The summed E-state index contributed by atoms with van der Waals surface area (Å²) in [6.45, 7) is 6.99. The maximum Gasteiger partial charge on any atom is 0.215 e. The van der Waals surface area contributed by atoms with Crippen molar-refractivity contribution in [3.05, 3.63) is 0 Å². The average molecular weight is 248 g/mol. The molecule has 0 aromatic carbocycles. The highest BCUT2D eigenvalue weighted by Crippen LogP contribution is 2.18. The van der Waals surface area contributed by atoms with Crippen LogP contribution in [0.5, 0.6) is 0 Å². The lowest BCUT2D eigenvalue weighted by atomic mass is 10.0. The molecule has 5 heteroatoms. The fourth-order valence-corrected chi connectivity index (χ4v) is 3.47. The number of nitrogens with zero attached hydrogens (tertiary/aromatic N) is 1. The molecule has 1 heterocycles. The van der Waals surface area contributed by atoms with E-state index in [4.69, 9.17) is 0 Å². The summed E-state index contributed by atoms with van der Waals surface area (Å²) in [6.07, 6.45) is 3.15. The van der Waals surface area contributed by atoms with E-state index in [1.807, 2.05) is 6.92 Å². The summed E-state index contributed by atoms with van der Waals surface area (Å²) in [7, 11) is -3.03. The molecule has 1 saturated heterocycles. The first-order valence-corrected chi connectivity index (χ1v) is 7.85. The van der Waals surface area contributed by atoms with E-state index < -0.39 is 10.0 Å². The zero-order valence-corrected chi connectivity index (χ0v) is 11.2. The fraction of sp³-hybridized carbons (Fsp3) is 1.00. The van der Waals surface area contributed by atoms with Gasteiger partial charge in [0.05, 0.1) is 5.75 Å². The maximum absolute atomic E-state index is 12.0. The number of nitrogens with one attached hydrogen (secondary N) is 1. The molecule has 1 aliphatic rings. The Morgan fingerprint density at radius 3 is 2.75 bits per heavy atom. The van der Waals surface area contributed by atoms with E-state index >= 15 is 0 Å². The van der Waals surface area contributed by atoms with Crippen LogP contribution in [0.25, 0.3) is 0 Å². The summed E-state index contributed by atoms with van der Waals surface area (Å²) in [6, 6.07) is 0. The first-order valence-electron chi connectivity index (χ1n) is 6.25. The van der Waals surface area contributed by atoms with Gasteiger partial charge in [-0.1, -0.05) is 13.8 Å². The Kier molecular flexibility index (Phi) is 5.72. The Balaban J connectivity index is 2.47. The van der Waals surface area contributed by atoms with Crippen LogP contribution in [0.15, 0.2) is 0 Å². The Bertz CT molecular complexity index is 290. The molecule has 0 amide bonds. The fourth-order valence-electron chi connectivity index (χ4n) is 2.02. The van der Waals surface area contributed by atoms with Gasteiger partial charge in [-0.15, -0.1) is 0 Å². The van der Waals surface area contributed by atoms with Crippen LogP contribution in [0.2, 0.25) is 0 Å². The number of sulfonamides is 1. The van der Waals surface area contributed by atoms with E-state index in [1.54, 1.807) is 4.31 Å². The van der Waals surface area contributed by atoms with Gasteiger partial charge in [-0.2, -0.15) is 0 Å². The molecule has 1 atom stereocenters. The molecule has 0 radical (unpaired) electrons. The molecule has 0 bridgehead atoms. The zero-order valence-electron chi connectivity index (χ0n) is 10.4. The average Bonchev–Trinajstić information content (AvgIpc) is 2.43. The molecule has 0 aromatic rings. The van der Waals surface area contributed by atoms with Gasteiger partial charge in [-0.3, -0.25) is 0 Å². The van der Waals surface area contributed by atoms with Crippen molar-refractivity contribution in [2.45, 2.75) is 33.1 Å². The van der Waals surface area contributed by atoms with Crippen molar-refractivity contribution < 1.29 is 8.42 Å². The van der Waals surface area contributed by atoms with Crippen molar-refractivity contribution in [2.75, 3.05) is 31.9 Å². The first kappa shape index (κ1) is 13.9. The van der Waals surface area contributed by atoms with Gasteiger partial charge in [-0.05, 0) is 31.7 Å². The van der Waals surface area contributed by atoms with E-state index in [-0.39, 0.29) is 5.75 Å². The van der Waals surface area contributed by atoms with Gasteiger partial charge in [0.25, 0.3) is 0 Å². The topological polar surface area (TPSA) is 49.4 Å². The van der Waals surface area contributed by atoms with Crippen molar-refractivity contribution in [2.24, 2.45) is 5.92 Å². The summed E-state index contributed by atoms with van der Waals surface area (Å²) in [5.41, 5.74) is 0. The van der Waals surface area contributed by atoms with Crippen LogP contribution in [0.3, 0.4) is 0 Å². The lowest BCUT2D eigenvalue weighted by Gasteiger charge is -2.20. The normalized spacial score (nSPS) is 24.2. The van der Waals surface area contributed by atoms with E-state index in [0.717, 1.165) is 25.8 Å². The van der Waals surface area contributed by atoms with Crippen molar-refractivity contribution >= 4 is 10.0 Å². The van der Waals surface area contributed by atoms with Crippen LogP contribution in [0.1, 0.15) is 33.1 Å². The van der Waals surface area contributed by atoms with Crippen LogP contribution in [0, 0.1) is 5.92 Å². The summed E-state index contributed by atoms with van der Waals surface area (Å²) in [5, 5.41) is 3.06. The third-order valence-corrected chi connectivity index (χ3v) is 5.03. The lowest BCUT2D eigenvalue weighted by molar-refractivity contribution is 0.416. The Morgan fingerprint density at radius 1 is 1.31 bits per heavy atom. The molecule has 1 fully saturated rings. The zero-order chi connectivity index (χ0) is 12.0. The summed E-state index contributed by atoms with van der Waals surface area (Å²) in [5.74, 6) is 0.892. The molecule has 16 heavy (non-hydrogen) atoms. The van der Waals surface area contributed by atoms with Crippen LogP contribution in [-0.4, -0.2) is 44.7 Å². The van der Waals surface area contributed by atoms with E-state index in [2.05, 4.69) is 12.2 Å². The second kappa shape index (κ2) is 6.57. The maximum atomic E-state index is 12.0. The number of rotatable bonds is 5. The Hall–Kier alpha value is -0.130. The molecule has 1 rings (SSSR count). The molecular weight excluding hydrogens is 224 g/mol. The van der Waals surface area contributed by atoms with Crippen LogP contribution in [0.4, 0.5) is 0 Å². The molecule has 4 nitrogen and oxygen atoms in total. The van der Waals surface area contributed by atoms with Crippen LogP contribution >= 0.6 is 0 Å². The molecule has 96 valence electrons. The van der Waals surface area contributed by atoms with Crippen LogP contribution in [-0.2, 0) is 10.0 Å². The van der Waals surface area contributed by atoms with E-state index in [1.165, 1.54) is 0 Å². The standard InChI is InChI=1S/C11H24N2O2S/c1-3-12-7-10-16(14,15)13-8-4-5-11(2)6-9-13/h11-12H,3-10H2,1-2H3. The Labute approximate surface area is 99.5 Å². The molecule has 0 spiro atoms. The molecule has 0 aromatic heterocycles. The monoisotopic (exact) mass is 248 g/mol. The number of hydrogen-bond donors (Lipinski definition) is 1. The van der Waals surface area contributed by atoms with Crippen molar-refractivity contribution in [1.82, 2.24) is 9.62 Å². The quantitative estimate of drug-likeness (QED) is 0.740. The Morgan fingerprint density at radius 2 is 2.06 bits per heavy atom. The second-order valence-electron chi connectivity index (χ2n) is 4.60. The molecule has 1 unspecified atom stereocenters. The van der Waals surface area contributed by atoms with E-state index in [9.17, 15) is 8.42 Å². The molecular formula is C11H24N2O2S. The molecule has 1 aliphatic heterocycles. The highest BCUT2D eigenvalue weighted by molar-refractivity contribution is 7.89. The summed E-state index contributed by atoms with van der Waals surface area (Å²) >= 11 is 0. The second-order valence-corrected chi connectivity index (χ2v) is 6.69. The highest BCUT2D eigenvalue weighted by atomic mass is 32.2. The highest BCUT2D eigenvalue weighted by Gasteiger charge is 2.23. The minimum Gasteiger partial charge on any atom is -0.316 e. The number of hydrogen-bond acceptors (Lipinski definition) is 3. The smallest absolute Gasteiger partial charge is 0.215 e. The summed E-state index contributed by atoms with van der Waals surface area (Å²) < 4.78 is 25.7. The lowest BCUT2D eigenvalue weighted by Crippen LogP contribution is -2.37. The first-order chi connectivity index (χ1) is 7.56. The minimum absolute atomic E-state index is 0.231. The van der Waals surface area contributed by atoms with Gasteiger partial charge in [0, 0.05) is 19.6 Å². The van der Waals surface area contributed by atoms with Crippen molar-refractivity contribution in [1.29, 1.82) is 0 Å². The molecule has 0 aliphatic carbocycles. The van der Waals surface area contributed by atoms with Gasteiger partial charge in [-0.25, -0.2) is 12.7 Å². The van der Waals surface area contributed by atoms with Gasteiger partial charge < -0.3 is 5.32 Å². The SMILES string of the molecule is CCNCCS(=O)(=O)N1CCCC(C)CC1.